The van der Waals surface area contributed by atoms with Crippen LogP contribution in [-0.2, 0) is 11.3 Å². The van der Waals surface area contributed by atoms with Gasteiger partial charge >= 0.3 is 6.09 Å². The van der Waals surface area contributed by atoms with Crippen molar-refractivity contribution in [1.82, 2.24) is 4.90 Å². The third kappa shape index (κ3) is 5.56. The second kappa shape index (κ2) is 8.08. The van der Waals surface area contributed by atoms with E-state index in [0.717, 1.165) is 24.2 Å². The van der Waals surface area contributed by atoms with Crippen LogP contribution in [0.2, 0.25) is 5.02 Å². The molecule has 0 bridgehead atoms. The van der Waals surface area contributed by atoms with Gasteiger partial charge in [0, 0.05) is 30.2 Å². The van der Waals surface area contributed by atoms with E-state index in [2.05, 4.69) is 0 Å². The van der Waals surface area contributed by atoms with Crippen LogP contribution in [0.5, 0.6) is 5.75 Å². The molecule has 5 nitrogen and oxygen atoms in total. The van der Waals surface area contributed by atoms with Gasteiger partial charge in [0.05, 0.1) is 6.61 Å². The summed E-state index contributed by atoms with van der Waals surface area (Å²) in [5.41, 5.74) is 6.19. The number of nitrogens with zero attached hydrogens (tertiary/aromatic N) is 1. The molecule has 2 rings (SSSR count). The lowest BCUT2D eigenvalue weighted by atomic mass is 9.98. The number of ether oxygens (including phenoxy) is 2. The van der Waals surface area contributed by atoms with E-state index in [4.69, 9.17) is 26.8 Å². The summed E-state index contributed by atoms with van der Waals surface area (Å²) in [6.45, 7) is 8.07. The Morgan fingerprint density at radius 1 is 1.33 bits per heavy atom. The summed E-state index contributed by atoms with van der Waals surface area (Å²) < 4.78 is 11.3. The first kappa shape index (κ1) is 18.9. The number of amides is 1. The third-order valence-electron chi connectivity index (χ3n) is 3.98. The molecule has 1 heterocycles. The van der Waals surface area contributed by atoms with Gasteiger partial charge in [-0.05, 0) is 57.7 Å². The van der Waals surface area contributed by atoms with E-state index >= 15 is 0 Å². The van der Waals surface area contributed by atoms with Crippen molar-refractivity contribution in [2.45, 2.75) is 45.8 Å². The predicted octanol–water partition coefficient (Wildman–Crippen LogP) is 3.82. The molecule has 0 aromatic heterocycles. The maximum Gasteiger partial charge on any atom is 0.410 e. The zero-order chi connectivity index (χ0) is 17.7. The van der Waals surface area contributed by atoms with Gasteiger partial charge in [0.1, 0.15) is 11.4 Å². The number of carbonyl (C=O) groups excluding carboxylic acids is 1. The lowest BCUT2D eigenvalue weighted by Crippen LogP contribution is -2.42. The Balaban J connectivity index is 1.80. The Morgan fingerprint density at radius 3 is 2.58 bits per heavy atom. The molecular weight excluding hydrogens is 328 g/mol. The van der Waals surface area contributed by atoms with E-state index < -0.39 is 5.60 Å². The van der Waals surface area contributed by atoms with E-state index in [1.165, 1.54) is 0 Å². The third-order valence-corrected chi connectivity index (χ3v) is 4.22. The van der Waals surface area contributed by atoms with E-state index in [-0.39, 0.29) is 6.09 Å². The fourth-order valence-electron chi connectivity index (χ4n) is 2.66. The van der Waals surface area contributed by atoms with Gasteiger partial charge in [-0.3, -0.25) is 0 Å². The summed E-state index contributed by atoms with van der Waals surface area (Å²) in [6.07, 6.45) is 1.58. The number of piperidine rings is 1. The maximum atomic E-state index is 12.1. The number of rotatable bonds is 4. The summed E-state index contributed by atoms with van der Waals surface area (Å²) >= 11 is 5.98. The number of hydrogen-bond acceptors (Lipinski definition) is 4. The summed E-state index contributed by atoms with van der Waals surface area (Å²) in [5, 5.41) is 0.661. The van der Waals surface area contributed by atoms with Gasteiger partial charge < -0.3 is 20.1 Å². The first-order valence-electron chi connectivity index (χ1n) is 8.37. The zero-order valence-corrected chi connectivity index (χ0v) is 15.4. The van der Waals surface area contributed by atoms with Crippen LogP contribution in [0.25, 0.3) is 0 Å². The minimum Gasteiger partial charge on any atom is -0.493 e. The molecule has 134 valence electrons. The van der Waals surface area contributed by atoms with E-state index in [0.29, 0.717) is 37.2 Å². The average molecular weight is 355 g/mol. The molecule has 0 spiro atoms. The van der Waals surface area contributed by atoms with Gasteiger partial charge in [-0.15, -0.1) is 0 Å². The Labute approximate surface area is 149 Å². The van der Waals surface area contributed by atoms with Gasteiger partial charge in [0.25, 0.3) is 0 Å². The quantitative estimate of drug-likeness (QED) is 0.892. The molecule has 1 amide bonds. The van der Waals surface area contributed by atoms with Crippen LogP contribution in [0, 0.1) is 5.92 Å². The number of benzene rings is 1. The van der Waals surface area contributed by atoms with Crippen LogP contribution in [0.15, 0.2) is 18.2 Å². The number of likely N-dealkylation sites (tertiary alicyclic amines) is 1. The molecule has 6 heteroatoms. The van der Waals surface area contributed by atoms with Gasteiger partial charge in [-0.25, -0.2) is 4.79 Å². The fraction of sp³-hybridized carbons (Fsp3) is 0.611. The normalized spacial score (nSPS) is 16.1. The summed E-state index contributed by atoms with van der Waals surface area (Å²) in [5.74, 6) is 1.21. The monoisotopic (exact) mass is 354 g/mol. The van der Waals surface area contributed by atoms with Gasteiger partial charge in [-0.2, -0.15) is 0 Å². The first-order valence-corrected chi connectivity index (χ1v) is 8.75. The molecule has 1 fully saturated rings. The highest BCUT2D eigenvalue weighted by molar-refractivity contribution is 6.30. The van der Waals surface area contributed by atoms with Crippen LogP contribution >= 0.6 is 11.6 Å². The van der Waals surface area contributed by atoms with Crippen LogP contribution in [0.4, 0.5) is 4.79 Å². The van der Waals surface area contributed by atoms with Crippen LogP contribution in [-0.4, -0.2) is 36.3 Å². The highest BCUT2D eigenvalue weighted by Gasteiger charge is 2.27. The Morgan fingerprint density at radius 2 is 2.00 bits per heavy atom. The highest BCUT2D eigenvalue weighted by Crippen LogP contribution is 2.25. The molecular formula is C18H27ClN2O3. The molecule has 24 heavy (non-hydrogen) atoms. The minimum absolute atomic E-state index is 0.231. The molecule has 1 aliphatic rings. The summed E-state index contributed by atoms with van der Waals surface area (Å²) in [7, 11) is 0. The smallest absolute Gasteiger partial charge is 0.410 e. The largest absolute Gasteiger partial charge is 0.493 e. The van der Waals surface area contributed by atoms with Crippen molar-refractivity contribution in [3.63, 3.8) is 0 Å². The number of carbonyl (C=O) groups is 1. The number of nitrogens with two attached hydrogens (primary N) is 1. The minimum atomic E-state index is -0.454. The molecule has 2 N–H and O–H groups in total. The van der Waals surface area contributed by atoms with Crippen molar-refractivity contribution in [3.05, 3.63) is 28.8 Å². The lowest BCUT2D eigenvalue weighted by molar-refractivity contribution is 0.0165. The molecule has 0 aliphatic carbocycles. The fourth-order valence-corrected chi connectivity index (χ4v) is 2.86. The Kier molecular flexibility index (Phi) is 6.35. The summed E-state index contributed by atoms with van der Waals surface area (Å²) in [4.78, 5) is 13.8. The molecule has 1 aliphatic heterocycles. The molecule has 1 aromatic rings. The Hall–Kier alpha value is -1.46. The average Bonchev–Trinajstić information content (AvgIpc) is 2.52. The molecule has 0 unspecified atom stereocenters. The van der Waals surface area contributed by atoms with Crippen molar-refractivity contribution in [1.29, 1.82) is 0 Å². The maximum absolute atomic E-state index is 12.1. The molecule has 0 atom stereocenters. The van der Waals surface area contributed by atoms with Crippen LogP contribution in [0.3, 0.4) is 0 Å². The molecule has 1 saturated heterocycles. The highest BCUT2D eigenvalue weighted by atomic mass is 35.5. The number of hydrogen-bond donors (Lipinski definition) is 1. The lowest BCUT2D eigenvalue weighted by Gasteiger charge is -2.33. The van der Waals surface area contributed by atoms with E-state index in [9.17, 15) is 4.79 Å². The first-order chi connectivity index (χ1) is 11.3. The van der Waals surface area contributed by atoms with Gasteiger partial charge in [0.2, 0.25) is 0 Å². The van der Waals surface area contributed by atoms with E-state index in [1.54, 1.807) is 11.0 Å². The van der Waals surface area contributed by atoms with Gasteiger partial charge in [0.15, 0.2) is 0 Å². The van der Waals surface area contributed by atoms with Crippen molar-refractivity contribution in [3.8, 4) is 5.75 Å². The van der Waals surface area contributed by atoms with Crippen molar-refractivity contribution < 1.29 is 14.3 Å². The molecule has 1 aromatic carbocycles. The SMILES string of the molecule is CC(C)(C)OC(=O)N1CCC(COc2ccc(Cl)cc2CN)CC1. The molecule has 0 radical (unpaired) electrons. The van der Waals surface area contributed by atoms with Gasteiger partial charge in [-0.1, -0.05) is 11.6 Å². The van der Waals surface area contributed by atoms with Crippen LogP contribution in [0.1, 0.15) is 39.2 Å². The van der Waals surface area contributed by atoms with Crippen molar-refractivity contribution in [2.24, 2.45) is 11.7 Å². The number of halogens is 1. The van der Waals surface area contributed by atoms with Crippen molar-refractivity contribution in [2.75, 3.05) is 19.7 Å². The summed E-state index contributed by atoms with van der Waals surface area (Å²) in [6, 6.07) is 5.50. The Bertz CT molecular complexity index is 564. The second-order valence-corrected chi connectivity index (χ2v) is 7.61. The second-order valence-electron chi connectivity index (χ2n) is 7.18. The van der Waals surface area contributed by atoms with E-state index in [1.807, 2.05) is 32.9 Å². The predicted molar refractivity (Wildman–Crippen MR) is 95.4 cm³/mol. The standard InChI is InChI=1S/C18H27ClN2O3/c1-18(2,3)24-17(22)21-8-6-13(7-9-21)12-23-16-5-4-15(19)10-14(16)11-20/h4-5,10,13H,6-9,11-12,20H2,1-3H3. The molecule has 0 saturated carbocycles. The van der Waals surface area contributed by atoms with Crippen molar-refractivity contribution >= 4 is 17.7 Å². The zero-order valence-electron chi connectivity index (χ0n) is 14.7. The topological polar surface area (TPSA) is 64.8 Å². The van der Waals surface area contributed by atoms with Crippen LogP contribution < -0.4 is 10.5 Å².